The van der Waals surface area contributed by atoms with Crippen molar-refractivity contribution in [1.29, 1.82) is 0 Å². The van der Waals surface area contributed by atoms with Crippen molar-refractivity contribution in [1.82, 2.24) is 4.57 Å². The molecule has 3 nitrogen and oxygen atoms in total. The molecule has 9 heteroatoms. The Balaban J connectivity index is 1.71. The number of aromatic nitrogens is 1. The summed E-state index contributed by atoms with van der Waals surface area (Å²) in [6.07, 6.45) is -2.68. The smallest absolute Gasteiger partial charge is 0.318 e. The second kappa shape index (κ2) is 8.53. The third-order valence-electron chi connectivity index (χ3n) is 5.05. The predicted molar refractivity (Wildman–Crippen MR) is 130 cm³/mol. The summed E-state index contributed by atoms with van der Waals surface area (Å²) in [6.45, 7) is 3.63. The molecule has 0 radical (unpaired) electrons. The van der Waals surface area contributed by atoms with Crippen LogP contribution in [0.5, 0.6) is 0 Å². The zero-order valence-corrected chi connectivity index (χ0v) is 20.1. The lowest BCUT2D eigenvalue weighted by molar-refractivity contribution is -0.137. The first-order valence-electron chi connectivity index (χ1n) is 9.46. The lowest BCUT2D eigenvalue weighted by Crippen LogP contribution is -2.27. The minimum atomic E-state index is -4.42. The quantitative estimate of drug-likeness (QED) is 0.259. The van der Waals surface area contributed by atoms with Crippen molar-refractivity contribution >= 4 is 61.9 Å². The second-order valence-corrected chi connectivity index (χ2v) is 9.80. The van der Waals surface area contributed by atoms with E-state index in [4.69, 9.17) is 12.2 Å². The van der Waals surface area contributed by atoms with E-state index >= 15 is 0 Å². The molecule has 0 atom stereocenters. The van der Waals surface area contributed by atoms with Crippen molar-refractivity contribution in [3.63, 3.8) is 0 Å². The summed E-state index contributed by atoms with van der Waals surface area (Å²) in [6, 6.07) is 14.3. The summed E-state index contributed by atoms with van der Waals surface area (Å²) in [5.41, 5.74) is 2.61. The SMILES string of the molecule is Cc1cc(/C=C2\SC(=S)N(c3cccc(Br)c3)C2=O)c(C)n1-c1cccc(C(F)(F)F)c1. The number of amides is 1. The number of nitrogens with zero attached hydrogens (tertiary/aromatic N) is 2. The fourth-order valence-corrected chi connectivity index (χ4v) is 5.28. The molecule has 3 aromatic rings. The summed E-state index contributed by atoms with van der Waals surface area (Å²) in [5, 5.41) is 0. The number of thiocarbonyl (C=S) groups is 1. The van der Waals surface area contributed by atoms with Crippen LogP contribution in [-0.2, 0) is 11.0 Å². The van der Waals surface area contributed by atoms with Crippen LogP contribution in [0, 0.1) is 13.8 Å². The van der Waals surface area contributed by atoms with E-state index in [1.807, 2.05) is 38.1 Å². The van der Waals surface area contributed by atoms with Gasteiger partial charge < -0.3 is 4.57 Å². The molecule has 4 rings (SSSR count). The van der Waals surface area contributed by atoms with E-state index in [9.17, 15) is 18.0 Å². The van der Waals surface area contributed by atoms with Gasteiger partial charge in [-0.2, -0.15) is 13.2 Å². The van der Waals surface area contributed by atoms with Gasteiger partial charge in [0, 0.05) is 21.5 Å². The molecule has 32 heavy (non-hydrogen) atoms. The lowest BCUT2D eigenvalue weighted by Gasteiger charge is -2.14. The molecule has 0 aliphatic carbocycles. The van der Waals surface area contributed by atoms with E-state index in [0.717, 1.165) is 33.6 Å². The average molecular weight is 537 g/mol. The molecular weight excluding hydrogens is 521 g/mol. The molecule has 0 unspecified atom stereocenters. The number of rotatable bonds is 3. The summed E-state index contributed by atoms with van der Waals surface area (Å²) >= 11 is 10.0. The van der Waals surface area contributed by atoms with Crippen LogP contribution in [0.2, 0.25) is 0 Å². The summed E-state index contributed by atoms with van der Waals surface area (Å²) in [4.78, 5) is 15.0. The largest absolute Gasteiger partial charge is 0.416 e. The van der Waals surface area contributed by atoms with Crippen molar-refractivity contribution in [2.75, 3.05) is 4.90 Å². The maximum atomic E-state index is 13.2. The third kappa shape index (κ3) is 4.29. The first-order valence-corrected chi connectivity index (χ1v) is 11.5. The van der Waals surface area contributed by atoms with Gasteiger partial charge in [-0.15, -0.1) is 0 Å². The highest BCUT2D eigenvalue weighted by Gasteiger charge is 2.34. The molecule has 0 bridgehead atoms. The van der Waals surface area contributed by atoms with Crippen LogP contribution in [0.4, 0.5) is 18.9 Å². The number of benzene rings is 2. The molecule has 164 valence electrons. The van der Waals surface area contributed by atoms with Crippen molar-refractivity contribution in [3.05, 3.63) is 86.5 Å². The predicted octanol–water partition coefficient (Wildman–Crippen LogP) is 7.28. The van der Waals surface area contributed by atoms with Crippen molar-refractivity contribution in [2.45, 2.75) is 20.0 Å². The third-order valence-corrected chi connectivity index (χ3v) is 6.84. The van der Waals surface area contributed by atoms with Crippen LogP contribution < -0.4 is 4.90 Å². The molecule has 1 aromatic heterocycles. The topological polar surface area (TPSA) is 25.2 Å². The first kappa shape index (κ1) is 22.8. The molecule has 1 fully saturated rings. The van der Waals surface area contributed by atoms with Crippen LogP contribution in [-0.4, -0.2) is 14.8 Å². The Morgan fingerprint density at radius 3 is 2.41 bits per heavy atom. The van der Waals surface area contributed by atoms with Crippen molar-refractivity contribution in [2.24, 2.45) is 0 Å². The second-order valence-electron chi connectivity index (χ2n) is 7.21. The van der Waals surface area contributed by atoms with E-state index in [2.05, 4.69) is 15.9 Å². The van der Waals surface area contributed by atoms with Gasteiger partial charge in [-0.3, -0.25) is 9.69 Å². The van der Waals surface area contributed by atoms with Crippen LogP contribution in [0.1, 0.15) is 22.5 Å². The normalized spacial score (nSPS) is 15.8. The fraction of sp³-hybridized carbons (Fsp3) is 0.130. The Morgan fingerprint density at radius 1 is 1.03 bits per heavy atom. The number of carbonyl (C=O) groups is 1. The van der Waals surface area contributed by atoms with E-state index in [1.165, 1.54) is 22.7 Å². The van der Waals surface area contributed by atoms with Crippen LogP contribution in [0.15, 0.2) is 64.0 Å². The number of alkyl halides is 3. The Labute approximate surface area is 201 Å². The number of halogens is 4. The van der Waals surface area contributed by atoms with Gasteiger partial charge in [0.1, 0.15) is 0 Å². The highest BCUT2D eigenvalue weighted by Crippen LogP contribution is 2.38. The monoisotopic (exact) mass is 536 g/mol. The molecule has 1 aliphatic rings. The molecular formula is C23H16BrF3N2OS2. The van der Waals surface area contributed by atoms with Gasteiger partial charge in [0.25, 0.3) is 5.91 Å². The van der Waals surface area contributed by atoms with E-state index < -0.39 is 11.7 Å². The Kier molecular flexibility index (Phi) is 6.08. The Bertz CT molecular complexity index is 1280. The average Bonchev–Trinajstić information content (AvgIpc) is 3.15. The molecule has 1 amide bonds. The summed E-state index contributed by atoms with van der Waals surface area (Å²) in [7, 11) is 0. The summed E-state index contributed by atoms with van der Waals surface area (Å²) in [5.74, 6) is -0.234. The Hall–Kier alpha value is -2.36. The lowest BCUT2D eigenvalue weighted by atomic mass is 10.2. The number of thioether (sulfide) groups is 1. The number of hydrogen-bond acceptors (Lipinski definition) is 3. The number of anilines is 1. The van der Waals surface area contributed by atoms with Gasteiger partial charge in [0.2, 0.25) is 0 Å². The summed E-state index contributed by atoms with van der Waals surface area (Å²) < 4.78 is 42.5. The van der Waals surface area contributed by atoms with Crippen LogP contribution in [0.25, 0.3) is 11.8 Å². The molecule has 2 heterocycles. The Morgan fingerprint density at radius 2 is 1.72 bits per heavy atom. The zero-order chi connectivity index (χ0) is 23.2. The maximum Gasteiger partial charge on any atom is 0.416 e. The van der Waals surface area contributed by atoms with E-state index in [1.54, 1.807) is 22.8 Å². The van der Waals surface area contributed by atoms with Gasteiger partial charge >= 0.3 is 6.18 Å². The van der Waals surface area contributed by atoms with Gasteiger partial charge in [-0.25, -0.2) is 0 Å². The fourth-order valence-electron chi connectivity index (χ4n) is 3.60. The van der Waals surface area contributed by atoms with Gasteiger partial charge in [0.05, 0.1) is 16.2 Å². The zero-order valence-electron chi connectivity index (χ0n) is 16.9. The highest BCUT2D eigenvalue weighted by molar-refractivity contribution is 9.10. The van der Waals surface area contributed by atoms with Gasteiger partial charge in [-0.1, -0.05) is 52.0 Å². The van der Waals surface area contributed by atoms with Gasteiger partial charge in [-0.05, 0) is 68.0 Å². The van der Waals surface area contributed by atoms with Crippen molar-refractivity contribution < 1.29 is 18.0 Å². The van der Waals surface area contributed by atoms with Crippen molar-refractivity contribution in [3.8, 4) is 5.69 Å². The molecule has 0 spiro atoms. The molecule has 1 aliphatic heterocycles. The molecule has 1 saturated heterocycles. The molecule has 0 saturated carbocycles. The number of aryl methyl sites for hydroxylation is 1. The maximum absolute atomic E-state index is 13.2. The van der Waals surface area contributed by atoms with Crippen LogP contribution in [0.3, 0.4) is 0 Å². The van der Waals surface area contributed by atoms with E-state index in [0.29, 0.717) is 20.6 Å². The molecule has 2 aromatic carbocycles. The number of hydrogen-bond donors (Lipinski definition) is 0. The standard InChI is InChI=1S/C23H16BrF3N2OS2/c1-13-9-15(14(2)28(13)18-7-3-5-16(11-18)23(25,26)27)10-20-21(30)29(22(31)32-20)19-8-4-6-17(24)12-19/h3-12H,1-2H3/b20-10-. The minimum absolute atomic E-state index is 0.234. The highest BCUT2D eigenvalue weighted by atomic mass is 79.9. The van der Waals surface area contributed by atoms with Crippen LogP contribution >= 0.6 is 39.9 Å². The first-order chi connectivity index (χ1) is 15.1. The minimum Gasteiger partial charge on any atom is -0.318 e. The van der Waals surface area contributed by atoms with Gasteiger partial charge in [0.15, 0.2) is 4.32 Å². The molecule has 0 N–H and O–H groups in total. The number of carbonyl (C=O) groups excluding carboxylic acids is 1. The van der Waals surface area contributed by atoms with E-state index in [-0.39, 0.29) is 5.91 Å².